The summed E-state index contributed by atoms with van der Waals surface area (Å²) in [4.78, 5) is 2.63. The lowest BCUT2D eigenvalue weighted by Gasteiger charge is -2.26. The molecule has 0 aromatic rings. The van der Waals surface area contributed by atoms with E-state index in [0.717, 1.165) is 6.54 Å². The smallest absolute Gasteiger partial charge is 0.00384 e. The molecule has 1 rings (SSSR count). The molecule has 84 valence electrons. The van der Waals surface area contributed by atoms with E-state index in [0.29, 0.717) is 5.41 Å². The zero-order valence-electron chi connectivity index (χ0n) is 9.89. The zero-order chi connectivity index (χ0) is 10.4. The van der Waals surface area contributed by atoms with Gasteiger partial charge in [0.15, 0.2) is 0 Å². The van der Waals surface area contributed by atoms with E-state index in [2.05, 4.69) is 18.7 Å². The van der Waals surface area contributed by atoms with E-state index in [1.165, 1.54) is 51.7 Å². The van der Waals surface area contributed by atoms with Gasteiger partial charge in [0.2, 0.25) is 0 Å². The predicted molar refractivity (Wildman–Crippen MR) is 62.4 cm³/mol. The summed E-state index contributed by atoms with van der Waals surface area (Å²) in [5.74, 6) is 0. The molecule has 1 saturated carbocycles. The van der Waals surface area contributed by atoms with Gasteiger partial charge in [0.1, 0.15) is 0 Å². The molecule has 0 atom stereocenters. The van der Waals surface area contributed by atoms with Gasteiger partial charge in [-0.3, -0.25) is 0 Å². The van der Waals surface area contributed by atoms with Gasteiger partial charge in [-0.15, -0.1) is 0 Å². The molecular weight excluding hydrogens is 172 g/mol. The fourth-order valence-corrected chi connectivity index (χ4v) is 2.35. The number of nitrogens with two attached hydrogens (primary N) is 1. The summed E-state index contributed by atoms with van der Waals surface area (Å²) in [6, 6.07) is 0. The van der Waals surface area contributed by atoms with Gasteiger partial charge in [-0.05, 0) is 57.2 Å². The van der Waals surface area contributed by atoms with Crippen molar-refractivity contribution >= 4 is 0 Å². The highest BCUT2D eigenvalue weighted by atomic mass is 15.1. The normalized spacial score (nSPS) is 18.9. The molecular formula is C12H26N2. The standard InChI is InChI=1S/C12H26N2/c1-3-9-14(10-4-2)11-12(5-6-12)7-8-13/h3-11,13H2,1-2H3. The molecule has 14 heavy (non-hydrogen) atoms. The lowest BCUT2D eigenvalue weighted by Crippen LogP contribution is -2.33. The molecule has 2 N–H and O–H groups in total. The topological polar surface area (TPSA) is 29.3 Å². The fourth-order valence-electron chi connectivity index (χ4n) is 2.35. The van der Waals surface area contributed by atoms with Crippen LogP contribution in [0.3, 0.4) is 0 Å². The van der Waals surface area contributed by atoms with Crippen molar-refractivity contribution in [2.45, 2.75) is 46.0 Å². The summed E-state index contributed by atoms with van der Waals surface area (Å²) in [6.07, 6.45) is 6.61. The van der Waals surface area contributed by atoms with Crippen LogP contribution in [-0.2, 0) is 0 Å². The van der Waals surface area contributed by atoms with E-state index >= 15 is 0 Å². The zero-order valence-corrected chi connectivity index (χ0v) is 9.89. The van der Waals surface area contributed by atoms with E-state index in [4.69, 9.17) is 5.73 Å². The van der Waals surface area contributed by atoms with Crippen LogP contribution in [0.2, 0.25) is 0 Å². The Morgan fingerprint density at radius 2 is 1.71 bits per heavy atom. The third-order valence-corrected chi connectivity index (χ3v) is 3.27. The first kappa shape index (κ1) is 12.0. The van der Waals surface area contributed by atoms with Crippen LogP contribution in [0.15, 0.2) is 0 Å². The van der Waals surface area contributed by atoms with Crippen LogP contribution in [0.25, 0.3) is 0 Å². The molecule has 1 aliphatic carbocycles. The maximum Gasteiger partial charge on any atom is 0.00384 e. The molecule has 0 radical (unpaired) electrons. The number of rotatable bonds is 8. The molecule has 0 bridgehead atoms. The van der Waals surface area contributed by atoms with E-state index in [1.54, 1.807) is 0 Å². The minimum Gasteiger partial charge on any atom is -0.330 e. The van der Waals surface area contributed by atoms with Crippen LogP contribution in [-0.4, -0.2) is 31.1 Å². The summed E-state index contributed by atoms with van der Waals surface area (Å²) in [5, 5.41) is 0. The first-order valence-corrected chi connectivity index (χ1v) is 6.19. The quantitative estimate of drug-likeness (QED) is 0.648. The van der Waals surface area contributed by atoms with Crippen molar-refractivity contribution in [3.05, 3.63) is 0 Å². The van der Waals surface area contributed by atoms with E-state index in [-0.39, 0.29) is 0 Å². The molecule has 1 fully saturated rings. The van der Waals surface area contributed by atoms with Gasteiger partial charge in [-0.1, -0.05) is 13.8 Å². The highest BCUT2D eigenvalue weighted by molar-refractivity contribution is 4.95. The second kappa shape index (κ2) is 5.72. The molecule has 0 unspecified atom stereocenters. The van der Waals surface area contributed by atoms with Crippen molar-refractivity contribution in [1.82, 2.24) is 4.90 Å². The largest absolute Gasteiger partial charge is 0.330 e. The summed E-state index contributed by atoms with van der Waals surface area (Å²) >= 11 is 0. The average molecular weight is 198 g/mol. The second-order valence-corrected chi connectivity index (χ2v) is 4.81. The van der Waals surface area contributed by atoms with Crippen LogP contribution in [0.1, 0.15) is 46.0 Å². The SMILES string of the molecule is CCCN(CCC)CC1(CCN)CC1. The van der Waals surface area contributed by atoms with E-state index in [9.17, 15) is 0 Å². The van der Waals surface area contributed by atoms with Crippen LogP contribution in [0.5, 0.6) is 0 Å². The van der Waals surface area contributed by atoms with Crippen molar-refractivity contribution < 1.29 is 0 Å². The Balaban J connectivity index is 2.30. The Morgan fingerprint density at radius 1 is 1.14 bits per heavy atom. The van der Waals surface area contributed by atoms with Crippen molar-refractivity contribution in [1.29, 1.82) is 0 Å². The van der Waals surface area contributed by atoms with E-state index < -0.39 is 0 Å². The Labute approximate surface area is 88.8 Å². The molecule has 0 aromatic carbocycles. The average Bonchev–Trinajstić information content (AvgIpc) is 2.86. The maximum absolute atomic E-state index is 5.66. The van der Waals surface area contributed by atoms with Crippen molar-refractivity contribution in [3.8, 4) is 0 Å². The Morgan fingerprint density at radius 3 is 2.07 bits per heavy atom. The van der Waals surface area contributed by atoms with Crippen molar-refractivity contribution in [2.75, 3.05) is 26.2 Å². The molecule has 0 amide bonds. The Hall–Kier alpha value is -0.0800. The second-order valence-electron chi connectivity index (χ2n) is 4.81. The maximum atomic E-state index is 5.66. The monoisotopic (exact) mass is 198 g/mol. The van der Waals surface area contributed by atoms with Crippen LogP contribution < -0.4 is 5.73 Å². The van der Waals surface area contributed by atoms with Gasteiger partial charge in [-0.25, -0.2) is 0 Å². The van der Waals surface area contributed by atoms with Crippen LogP contribution in [0, 0.1) is 5.41 Å². The van der Waals surface area contributed by atoms with Gasteiger partial charge in [0.25, 0.3) is 0 Å². The molecule has 0 saturated heterocycles. The van der Waals surface area contributed by atoms with Crippen LogP contribution >= 0.6 is 0 Å². The molecule has 1 aliphatic rings. The third-order valence-electron chi connectivity index (χ3n) is 3.27. The van der Waals surface area contributed by atoms with Crippen molar-refractivity contribution in [3.63, 3.8) is 0 Å². The highest BCUT2D eigenvalue weighted by Crippen LogP contribution is 2.48. The summed E-state index contributed by atoms with van der Waals surface area (Å²) in [5.41, 5.74) is 6.28. The van der Waals surface area contributed by atoms with E-state index in [1.807, 2.05) is 0 Å². The molecule has 0 aromatic heterocycles. The first-order valence-electron chi connectivity index (χ1n) is 6.19. The third kappa shape index (κ3) is 3.58. The number of nitrogens with zero attached hydrogens (tertiary/aromatic N) is 1. The van der Waals surface area contributed by atoms with Crippen molar-refractivity contribution in [2.24, 2.45) is 11.1 Å². The van der Waals surface area contributed by atoms with Gasteiger partial charge < -0.3 is 10.6 Å². The summed E-state index contributed by atoms with van der Waals surface area (Å²) < 4.78 is 0. The first-order chi connectivity index (χ1) is 6.76. The molecule has 0 heterocycles. The Kier molecular flexibility index (Phi) is 4.90. The lowest BCUT2D eigenvalue weighted by atomic mass is 10.0. The van der Waals surface area contributed by atoms with Gasteiger partial charge in [0, 0.05) is 6.54 Å². The number of hydrogen-bond donors (Lipinski definition) is 1. The van der Waals surface area contributed by atoms with Crippen LogP contribution in [0.4, 0.5) is 0 Å². The molecule has 0 aliphatic heterocycles. The summed E-state index contributed by atoms with van der Waals surface area (Å²) in [7, 11) is 0. The molecule has 2 nitrogen and oxygen atoms in total. The van der Waals surface area contributed by atoms with Gasteiger partial charge in [-0.2, -0.15) is 0 Å². The van der Waals surface area contributed by atoms with Gasteiger partial charge >= 0.3 is 0 Å². The molecule has 2 heteroatoms. The highest BCUT2D eigenvalue weighted by Gasteiger charge is 2.42. The minimum absolute atomic E-state index is 0.624. The minimum atomic E-state index is 0.624. The predicted octanol–water partition coefficient (Wildman–Crippen LogP) is 2.24. The molecule has 0 spiro atoms. The van der Waals surface area contributed by atoms with Gasteiger partial charge in [0.05, 0.1) is 0 Å². The lowest BCUT2D eigenvalue weighted by molar-refractivity contribution is 0.214. The fraction of sp³-hybridized carbons (Fsp3) is 1.00. The Bertz CT molecular complexity index is 146. The number of hydrogen-bond acceptors (Lipinski definition) is 2. The summed E-state index contributed by atoms with van der Waals surface area (Å²) in [6.45, 7) is 9.23.